The van der Waals surface area contributed by atoms with Crippen molar-refractivity contribution in [3.63, 3.8) is 0 Å². The van der Waals surface area contributed by atoms with Gasteiger partial charge in [-0.05, 0) is 37.5 Å². The van der Waals surface area contributed by atoms with Crippen LogP contribution in [-0.2, 0) is 4.79 Å². The third kappa shape index (κ3) is 2.52. The van der Waals surface area contributed by atoms with E-state index in [4.69, 9.17) is 5.10 Å². The molecule has 2 aromatic carbocycles. The summed E-state index contributed by atoms with van der Waals surface area (Å²) >= 11 is 0. The van der Waals surface area contributed by atoms with Crippen molar-refractivity contribution in [2.75, 3.05) is 5.32 Å². The van der Waals surface area contributed by atoms with E-state index in [1.54, 1.807) is 0 Å². The molecule has 0 bridgehead atoms. The molecule has 1 atom stereocenters. The van der Waals surface area contributed by atoms with Gasteiger partial charge in [0.1, 0.15) is 5.82 Å². The van der Waals surface area contributed by atoms with Crippen LogP contribution in [-0.4, -0.2) is 15.6 Å². The lowest BCUT2D eigenvalue weighted by atomic mass is 9.76. The quantitative estimate of drug-likeness (QED) is 0.722. The highest BCUT2D eigenvalue weighted by molar-refractivity contribution is 6.01. The maximum atomic E-state index is 12.9. The van der Waals surface area contributed by atoms with Gasteiger partial charge >= 0.3 is 0 Å². The smallest absolute Gasteiger partial charge is 0.161 e. The van der Waals surface area contributed by atoms with Crippen LogP contribution in [0.5, 0.6) is 0 Å². The van der Waals surface area contributed by atoms with Crippen LogP contribution < -0.4 is 5.32 Å². The molecule has 5 rings (SSSR count). The van der Waals surface area contributed by atoms with Gasteiger partial charge in [-0.15, -0.1) is 0 Å². The largest absolute Gasteiger partial charge is 0.343 e. The van der Waals surface area contributed by atoms with Crippen molar-refractivity contribution in [2.45, 2.75) is 32.1 Å². The molecule has 134 valence electrons. The molecule has 1 aliphatic heterocycles. The predicted octanol–water partition coefficient (Wildman–Crippen LogP) is 4.75. The number of ketones is 1. The minimum absolute atomic E-state index is 0.0530. The number of fused-ring (bicyclic) bond motifs is 1. The summed E-state index contributed by atoms with van der Waals surface area (Å²) in [6.07, 6.45) is 2.44. The molecule has 1 aromatic heterocycles. The van der Waals surface area contributed by atoms with Gasteiger partial charge < -0.3 is 5.32 Å². The first-order chi connectivity index (χ1) is 13.2. The van der Waals surface area contributed by atoms with E-state index in [9.17, 15) is 4.79 Å². The first kappa shape index (κ1) is 16.1. The summed E-state index contributed by atoms with van der Waals surface area (Å²) in [5, 5.41) is 8.41. The molecular formula is C23H21N3O. The number of aryl methyl sites for hydroxylation is 1. The van der Waals surface area contributed by atoms with Crippen molar-refractivity contribution in [1.29, 1.82) is 0 Å². The Morgan fingerprint density at radius 3 is 2.44 bits per heavy atom. The second-order valence-corrected chi connectivity index (χ2v) is 7.23. The molecule has 1 aliphatic carbocycles. The molecule has 3 aromatic rings. The lowest BCUT2D eigenvalue weighted by Gasteiger charge is -2.33. The van der Waals surface area contributed by atoms with E-state index < -0.39 is 0 Å². The molecule has 0 saturated heterocycles. The van der Waals surface area contributed by atoms with Gasteiger partial charge in [0.05, 0.1) is 11.4 Å². The van der Waals surface area contributed by atoms with E-state index in [2.05, 4.69) is 29.6 Å². The van der Waals surface area contributed by atoms with Gasteiger partial charge in [0, 0.05) is 29.2 Å². The Hall–Kier alpha value is -3.14. The molecule has 2 heterocycles. The number of carbonyl (C=O) groups excluding carboxylic acids is 1. The molecule has 2 aliphatic rings. The van der Waals surface area contributed by atoms with E-state index in [0.717, 1.165) is 52.4 Å². The minimum Gasteiger partial charge on any atom is -0.343 e. The number of hydrogen-bond donors (Lipinski definition) is 1. The number of aromatic nitrogens is 2. The summed E-state index contributed by atoms with van der Waals surface area (Å²) in [7, 11) is 0. The molecule has 0 radical (unpaired) electrons. The van der Waals surface area contributed by atoms with Crippen LogP contribution in [0.4, 0.5) is 5.82 Å². The normalized spacial score (nSPS) is 18.7. The molecule has 0 fully saturated rings. The topological polar surface area (TPSA) is 46.9 Å². The van der Waals surface area contributed by atoms with Crippen molar-refractivity contribution < 1.29 is 4.79 Å². The number of nitrogens with one attached hydrogen (secondary N) is 1. The fourth-order valence-corrected chi connectivity index (χ4v) is 4.36. The number of allylic oxidation sites excluding steroid dienone is 2. The fraction of sp³-hybridized carbons (Fsp3) is 0.217. The summed E-state index contributed by atoms with van der Waals surface area (Å²) in [5.74, 6) is 1.19. The first-order valence-corrected chi connectivity index (χ1v) is 9.47. The highest BCUT2D eigenvalue weighted by atomic mass is 16.1. The fourth-order valence-electron chi connectivity index (χ4n) is 4.36. The van der Waals surface area contributed by atoms with E-state index in [1.807, 2.05) is 48.0 Å². The number of para-hydroxylation sites is 1. The first-order valence-electron chi connectivity index (χ1n) is 9.47. The Balaban J connectivity index is 1.76. The third-order valence-electron chi connectivity index (χ3n) is 5.54. The second-order valence-electron chi connectivity index (χ2n) is 7.23. The molecule has 4 nitrogen and oxygen atoms in total. The Kier molecular flexibility index (Phi) is 3.71. The third-order valence-corrected chi connectivity index (χ3v) is 5.54. The molecule has 1 N–H and O–H groups in total. The van der Waals surface area contributed by atoms with Crippen LogP contribution >= 0.6 is 0 Å². The van der Waals surface area contributed by atoms with Gasteiger partial charge in [0.15, 0.2) is 5.78 Å². The maximum Gasteiger partial charge on any atom is 0.161 e. The number of nitrogens with zero attached hydrogens (tertiary/aromatic N) is 2. The molecule has 0 spiro atoms. The number of rotatable bonds is 2. The Morgan fingerprint density at radius 1 is 1.00 bits per heavy atom. The summed E-state index contributed by atoms with van der Waals surface area (Å²) in [6, 6.07) is 20.5. The summed E-state index contributed by atoms with van der Waals surface area (Å²) in [6.45, 7) is 2.04. The Morgan fingerprint density at radius 2 is 1.70 bits per heavy atom. The summed E-state index contributed by atoms with van der Waals surface area (Å²) in [4.78, 5) is 12.9. The molecule has 0 unspecified atom stereocenters. The Bertz CT molecular complexity index is 1050. The van der Waals surface area contributed by atoms with E-state index in [-0.39, 0.29) is 11.7 Å². The highest BCUT2D eigenvalue weighted by Crippen LogP contribution is 2.47. The van der Waals surface area contributed by atoms with E-state index in [1.165, 1.54) is 0 Å². The minimum atomic E-state index is -0.0530. The van der Waals surface area contributed by atoms with Crippen molar-refractivity contribution in [3.05, 3.63) is 88.8 Å². The zero-order valence-electron chi connectivity index (χ0n) is 15.3. The molecule has 4 heteroatoms. The van der Waals surface area contributed by atoms with Crippen LogP contribution in [0.2, 0.25) is 0 Å². The van der Waals surface area contributed by atoms with Gasteiger partial charge in [-0.3, -0.25) is 4.79 Å². The maximum absolute atomic E-state index is 12.9. The van der Waals surface area contributed by atoms with Crippen LogP contribution in [0.3, 0.4) is 0 Å². The van der Waals surface area contributed by atoms with Crippen molar-refractivity contribution >= 4 is 11.6 Å². The highest BCUT2D eigenvalue weighted by Gasteiger charge is 2.38. The lowest BCUT2D eigenvalue weighted by Crippen LogP contribution is -2.27. The van der Waals surface area contributed by atoms with E-state index in [0.29, 0.717) is 6.42 Å². The lowest BCUT2D eigenvalue weighted by molar-refractivity contribution is -0.116. The van der Waals surface area contributed by atoms with Gasteiger partial charge in [-0.25, -0.2) is 4.68 Å². The monoisotopic (exact) mass is 355 g/mol. The van der Waals surface area contributed by atoms with Gasteiger partial charge in [-0.2, -0.15) is 5.10 Å². The van der Waals surface area contributed by atoms with Crippen LogP contribution in [0.1, 0.15) is 42.0 Å². The zero-order chi connectivity index (χ0) is 18.4. The van der Waals surface area contributed by atoms with Crippen LogP contribution in [0.15, 0.2) is 71.9 Å². The molecule has 27 heavy (non-hydrogen) atoms. The van der Waals surface area contributed by atoms with Gasteiger partial charge in [-0.1, -0.05) is 48.5 Å². The van der Waals surface area contributed by atoms with Gasteiger partial charge in [0.2, 0.25) is 0 Å². The standard InChI is InChI=1S/C23H21N3O/c1-15-20-21(16-9-4-2-5-10-16)22-18(13-8-14-19(22)27)24-23(20)26(25-15)17-11-6-3-7-12-17/h2-7,9-12,21,24H,8,13-14H2,1H3/t21-/m1/s1. The van der Waals surface area contributed by atoms with Crippen molar-refractivity contribution in [1.82, 2.24) is 9.78 Å². The van der Waals surface area contributed by atoms with Crippen LogP contribution in [0, 0.1) is 6.92 Å². The molecule has 0 saturated carbocycles. The predicted molar refractivity (Wildman–Crippen MR) is 106 cm³/mol. The number of benzene rings is 2. The zero-order valence-corrected chi connectivity index (χ0v) is 15.3. The molecule has 0 amide bonds. The number of anilines is 1. The number of hydrogen-bond acceptors (Lipinski definition) is 3. The van der Waals surface area contributed by atoms with Crippen molar-refractivity contribution in [2.24, 2.45) is 0 Å². The number of Topliss-reactive ketones (excluding diaryl/α,β-unsaturated/α-hetero) is 1. The number of carbonyl (C=O) groups is 1. The van der Waals surface area contributed by atoms with E-state index >= 15 is 0 Å². The van der Waals surface area contributed by atoms with Crippen molar-refractivity contribution in [3.8, 4) is 5.69 Å². The Labute approximate surface area is 158 Å². The summed E-state index contributed by atoms with van der Waals surface area (Å²) in [5.41, 5.74) is 6.23. The summed E-state index contributed by atoms with van der Waals surface area (Å²) < 4.78 is 1.98. The second kappa shape index (κ2) is 6.23. The average molecular weight is 355 g/mol. The molecular weight excluding hydrogens is 334 g/mol. The van der Waals surface area contributed by atoms with Gasteiger partial charge in [0.25, 0.3) is 0 Å². The van der Waals surface area contributed by atoms with Crippen LogP contribution in [0.25, 0.3) is 5.69 Å². The average Bonchev–Trinajstić information content (AvgIpc) is 3.04. The SMILES string of the molecule is Cc1nn(-c2ccccc2)c2c1[C@@H](c1ccccc1)C1=C(CCCC1=O)N2.